The summed E-state index contributed by atoms with van der Waals surface area (Å²) in [5.41, 5.74) is 0. The van der Waals surface area contributed by atoms with Crippen LogP contribution in [-0.2, 0) is 9.53 Å². The number of hydrogen-bond acceptors (Lipinski definition) is 3. The van der Waals surface area contributed by atoms with Gasteiger partial charge in [-0.2, -0.15) is 0 Å². The molecule has 0 radical (unpaired) electrons. The van der Waals surface area contributed by atoms with Crippen LogP contribution < -0.4 is 5.32 Å². The van der Waals surface area contributed by atoms with Crippen molar-refractivity contribution in [1.82, 2.24) is 5.32 Å². The fourth-order valence-corrected chi connectivity index (χ4v) is 5.39. The third kappa shape index (κ3) is 2.99. The van der Waals surface area contributed by atoms with Gasteiger partial charge < -0.3 is 10.1 Å². The van der Waals surface area contributed by atoms with E-state index in [9.17, 15) is 4.79 Å². The Morgan fingerprint density at radius 1 is 1.00 bits per heavy atom. The Bertz CT molecular complexity index is 364. The molecule has 2 saturated carbocycles. The summed E-state index contributed by atoms with van der Waals surface area (Å²) >= 11 is 0. The molecule has 1 aliphatic heterocycles. The van der Waals surface area contributed by atoms with Gasteiger partial charge in [-0.3, -0.25) is 4.79 Å². The molecule has 1 saturated heterocycles. The van der Waals surface area contributed by atoms with Gasteiger partial charge in [0, 0.05) is 12.1 Å². The predicted molar refractivity (Wildman–Crippen MR) is 83.9 cm³/mol. The molecule has 0 aromatic carbocycles. The highest BCUT2D eigenvalue weighted by Gasteiger charge is 2.48. The molecule has 0 bridgehead atoms. The average molecular weight is 293 g/mol. The van der Waals surface area contributed by atoms with Crippen LogP contribution in [0.5, 0.6) is 0 Å². The second-order valence-corrected chi connectivity index (χ2v) is 7.55. The van der Waals surface area contributed by atoms with Crippen LogP contribution >= 0.6 is 0 Å². The zero-order valence-electron chi connectivity index (χ0n) is 13.6. The van der Waals surface area contributed by atoms with Crippen molar-refractivity contribution in [2.45, 2.75) is 76.8 Å². The molecule has 2 aliphatic carbocycles. The zero-order chi connectivity index (χ0) is 14.8. The van der Waals surface area contributed by atoms with Gasteiger partial charge in [0.05, 0.1) is 13.0 Å². The number of nitrogens with one attached hydrogen (secondary N) is 1. The minimum absolute atomic E-state index is 0.0432. The Morgan fingerprint density at radius 2 is 1.67 bits per heavy atom. The van der Waals surface area contributed by atoms with Crippen LogP contribution in [0.4, 0.5) is 0 Å². The van der Waals surface area contributed by atoms with Crippen LogP contribution in [0.1, 0.15) is 64.7 Å². The van der Waals surface area contributed by atoms with Gasteiger partial charge in [-0.1, -0.05) is 39.0 Å². The van der Waals surface area contributed by atoms with Gasteiger partial charge >= 0.3 is 5.97 Å². The molecule has 1 heterocycles. The molecule has 3 nitrogen and oxygen atoms in total. The highest BCUT2D eigenvalue weighted by atomic mass is 16.5. The van der Waals surface area contributed by atoms with E-state index in [1.807, 2.05) is 0 Å². The van der Waals surface area contributed by atoms with Crippen molar-refractivity contribution >= 4 is 5.97 Å². The van der Waals surface area contributed by atoms with Crippen LogP contribution in [0.25, 0.3) is 0 Å². The molecular formula is C18H31NO2. The first kappa shape index (κ1) is 15.3. The van der Waals surface area contributed by atoms with Gasteiger partial charge in [0.2, 0.25) is 0 Å². The Hall–Kier alpha value is -0.570. The van der Waals surface area contributed by atoms with Crippen LogP contribution in [0.2, 0.25) is 0 Å². The van der Waals surface area contributed by atoms with E-state index < -0.39 is 0 Å². The molecular weight excluding hydrogens is 262 g/mol. The largest absolute Gasteiger partial charge is 0.469 e. The van der Waals surface area contributed by atoms with Gasteiger partial charge in [-0.05, 0) is 43.4 Å². The molecule has 5 unspecified atom stereocenters. The van der Waals surface area contributed by atoms with E-state index in [1.54, 1.807) is 7.11 Å². The molecule has 3 rings (SSSR count). The van der Waals surface area contributed by atoms with E-state index in [1.165, 1.54) is 57.8 Å². The lowest BCUT2D eigenvalue weighted by atomic mass is 9.63. The molecule has 3 heteroatoms. The first-order chi connectivity index (χ1) is 10.2. The molecule has 3 fully saturated rings. The number of esters is 1. The number of ether oxygens (including phenoxy) is 1. The average Bonchev–Trinajstić information content (AvgIpc) is 2.54. The summed E-state index contributed by atoms with van der Waals surface area (Å²) in [5.74, 6) is 1.85. The molecule has 3 aliphatic rings. The predicted octanol–water partition coefficient (Wildman–Crippen LogP) is 3.52. The summed E-state index contributed by atoms with van der Waals surface area (Å²) in [6, 6.07) is 1.07. The summed E-state index contributed by atoms with van der Waals surface area (Å²) in [4.78, 5) is 12.4. The van der Waals surface area contributed by atoms with E-state index in [2.05, 4.69) is 12.2 Å². The third-order valence-corrected chi connectivity index (χ3v) is 6.45. The van der Waals surface area contributed by atoms with Crippen LogP contribution in [0, 0.1) is 23.7 Å². The summed E-state index contributed by atoms with van der Waals surface area (Å²) in [6.07, 6.45) is 11.8. The van der Waals surface area contributed by atoms with Crippen molar-refractivity contribution in [3.63, 3.8) is 0 Å². The molecule has 0 aromatic rings. The van der Waals surface area contributed by atoms with Gasteiger partial charge in [-0.15, -0.1) is 0 Å². The topological polar surface area (TPSA) is 38.3 Å². The Labute approximate surface area is 129 Å². The van der Waals surface area contributed by atoms with Crippen molar-refractivity contribution in [3.8, 4) is 0 Å². The lowest BCUT2D eigenvalue weighted by molar-refractivity contribution is -0.154. The van der Waals surface area contributed by atoms with Crippen molar-refractivity contribution in [2.75, 3.05) is 7.11 Å². The molecule has 21 heavy (non-hydrogen) atoms. The maximum Gasteiger partial charge on any atom is 0.309 e. The fraction of sp³-hybridized carbons (Fsp3) is 0.944. The third-order valence-electron chi connectivity index (χ3n) is 6.45. The monoisotopic (exact) mass is 293 g/mol. The number of rotatable bonds is 2. The Kier molecular flexibility index (Phi) is 4.88. The van der Waals surface area contributed by atoms with Crippen molar-refractivity contribution in [2.24, 2.45) is 23.7 Å². The maximum absolute atomic E-state index is 12.4. The van der Waals surface area contributed by atoms with E-state index in [-0.39, 0.29) is 11.9 Å². The first-order valence-electron chi connectivity index (χ1n) is 9.06. The second-order valence-electron chi connectivity index (χ2n) is 7.55. The number of fused-ring (bicyclic) bond motifs is 1. The molecule has 0 aromatic heterocycles. The van der Waals surface area contributed by atoms with E-state index in [0.29, 0.717) is 23.9 Å². The van der Waals surface area contributed by atoms with Crippen LogP contribution in [0.3, 0.4) is 0 Å². The number of carbonyl (C=O) groups excluding carboxylic acids is 1. The summed E-state index contributed by atoms with van der Waals surface area (Å²) < 4.78 is 5.18. The number of methoxy groups -OCH3 is 1. The number of hydrogen-bond donors (Lipinski definition) is 1. The van der Waals surface area contributed by atoms with E-state index in [0.717, 1.165) is 5.92 Å². The van der Waals surface area contributed by atoms with Crippen molar-refractivity contribution in [3.05, 3.63) is 0 Å². The van der Waals surface area contributed by atoms with Crippen LogP contribution in [-0.4, -0.2) is 25.2 Å². The van der Waals surface area contributed by atoms with Crippen LogP contribution in [0.15, 0.2) is 0 Å². The van der Waals surface area contributed by atoms with Gasteiger partial charge in [0.1, 0.15) is 0 Å². The molecule has 0 amide bonds. The molecule has 5 atom stereocenters. The molecule has 120 valence electrons. The number of piperidine rings is 1. The first-order valence-corrected chi connectivity index (χ1v) is 9.06. The molecule has 0 spiro atoms. The van der Waals surface area contributed by atoms with Crippen molar-refractivity contribution < 1.29 is 9.53 Å². The lowest BCUT2D eigenvalue weighted by Crippen LogP contribution is -2.61. The summed E-state index contributed by atoms with van der Waals surface area (Å²) in [6.45, 7) is 2.29. The quantitative estimate of drug-likeness (QED) is 0.792. The standard InChI is InChI=1S/C18H31NO2/c1-12-16(18(20)21-2)14-10-6-7-11-15(14)19-17(12)13-8-4-3-5-9-13/h12-17,19H,3-11H2,1-2H3. The van der Waals surface area contributed by atoms with E-state index >= 15 is 0 Å². The number of carbonyl (C=O) groups is 1. The summed E-state index contributed by atoms with van der Waals surface area (Å²) in [7, 11) is 1.56. The maximum atomic E-state index is 12.4. The second kappa shape index (κ2) is 6.68. The van der Waals surface area contributed by atoms with Gasteiger partial charge in [0.15, 0.2) is 0 Å². The zero-order valence-corrected chi connectivity index (χ0v) is 13.6. The minimum atomic E-state index is 0.0432. The van der Waals surface area contributed by atoms with Gasteiger partial charge in [0.25, 0.3) is 0 Å². The van der Waals surface area contributed by atoms with Gasteiger partial charge in [-0.25, -0.2) is 0 Å². The van der Waals surface area contributed by atoms with E-state index in [4.69, 9.17) is 4.74 Å². The fourth-order valence-electron chi connectivity index (χ4n) is 5.39. The minimum Gasteiger partial charge on any atom is -0.469 e. The highest BCUT2D eigenvalue weighted by Crippen LogP contribution is 2.43. The Balaban J connectivity index is 1.80. The van der Waals surface area contributed by atoms with Crippen molar-refractivity contribution in [1.29, 1.82) is 0 Å². The Morgan fingerprint density at radius 3 is 2.38 bits per heavy atom. The summed E-state index contributed by atoms with van der Waals surface area (Å²) in [5, 5.41) is 3.98. The lowest BCUT2D eigenvalue weighted by Gasteiger charge is -2.50. The highest BCUT2D eigenvalue weighted by molar-refractivity contribution is 5.73. The molecule has 1 N–H and O–H groups in total. The SMILES string of the molecule is COC(=O)C1C(C)C(C2CCCCC2)NC2CCCCC21. The normalized spacial score (nSPS) is 41.3. The smallest absolute Gasteiger partial charge is 0.309 e.